The van der Waals surface area contributed by atoms with Gasteiger partial charge in [-0.05, 0) is 45.3 Å². The van der Waals surface area contributed by atoms with E-state index >= 15 is 0 Å². The van der Waals surface area contributed by atoms with Gasteiger partial charge in [-0.25, -0.2) is 0 Å². The molecule has 0 aromatic heterocycles. The van der Waals surface area contributed by atoms with E-state index in [9.17, 15) is 18.5 Å². The van der Waals surface area contributed by atoms with Crippen LogP contribution >= 0.6 is 15.9 Å². The largest absolute Gasteiger partial charge is 0.493 e. The van der Waals surface area contributed by atoms with E-state index < -0.39 is 25.5 Å². The fourth-order valence-corrected chi connectivity index (χ4v) is 4.28. The topological polar surface area (TPSA) is 120 Å². The molecule has 1 N–H and O–H groups in total. The molecule has 0 fully saturated rings. The number of nitrogens with one attached hydrogen (secondary N) is 1. The van der Waals surface area contributed by atoms with E-state index in [2.05, 4.69) is 21.0 Å². The third kappa shape index (κ3) is 5.62. The Labute approximate surface area is 193 Å². The van der Waals surface area contributed by atoms with Gasteiger partial charge in [0, 0.05) is 6.07 Å². The average Bonchev–Trinajstić information content (AvgIpc) is 2.78. The van der Waals surface area contributed by atoms with E-state index in [0.29, 0.717) is 28.1 Å². The van der Waals surface area contributed by atoms with Crippen molar-refractivity contribution in [1.29, 1.82) is 0 Å². The van der Waals surface area contributed by atoms with E-state index in [0.717, 1.165) is 17.7 Å². The highest BCUT2D eigenvalue weighted by atomic mass is 79.9. The predicted octanol–water partition coefficient (Wildman–Crippen LogP) is 4.26. The second-order valence-electron chi connectivity index (χ2n) is 6.39. The van der Waals surface area contributed by atoms with Gasteiger partial charge in [0.25, 0.3) is 15.7 Å². The maximum atomic E-state index is 12.4. The van der Waals surface area contributed by atoms with E-state index in [-0.39, 0.29) is 0 Å². The molecule has 166 valence electrons. The van der Waals surface area contributed by atoms with E-state index in [1.165, 1.54) is 25.5 Å². The van der Waals surface area contributed by atoms with Crippen LogP contribution in [-0.4, -0.2) is 26.7 Å². The molecule has 0 unspecified atom stereocenters. The molecule has 0 saturated carbocycles. The molecule has 0 radical (unpaired) electrons. The summed E-state index contributed by atoms with van der Waals surface area (Å²) < 4.78 is 36.7. The van der Waals surface area contributed by atoms with Gasteiger partial charge in [0.15, 0.2) is 16.4 Å². The number of halogens is 1. The number of methoxy groups -OCH3 is 1. The molecule has 3 rings (SSSR count). The highest BCUT2D eigenvalue weighted by molar-refractivity contribution is 9.10. The lowest BCUT2D eigenvalue weighted by Gasteiger charge is -2.13. The summed E-state index contributed by atoms with van der Waals surface area (Å²) in [5.41, 5.74) is 0.946. The third-order valence-electron chi connectivity index (χ3n) is 4.22. The summed E-state index contributed by atoms with van der Waals surface area (Å²) >= 11 is 3.43. The molecular formula is C21H18BrN3O6S. The standard InChI is InChI=1S/C21H18BrN3O6S/c1-30-19-12-16(11-17(22)21(19)31-14-15-7-3-2-4-8-15)13-23-24-32(28,29)20-10-6-5-9-18(20)25(26)27/h2-13,24H,14H2,1H3/b23-13-. The van der Waals surface area contributed by atoms with E-state index in [1.807, 2.05) is 35.2 Å². The molecule has 0 bridgehead atoms. The zero-order valence-corrected chi connectivity index (χ0v) is 19.2. The summed E-state index contributed by atoms with van der Waals surface area (Å²) in [7, 11) is -2.76. The second-order valence-corrected chi connectivity index (χ2v) is 8.87. The van der Waals surface area contributed by atoms with Crippen LogP contribution in [0.5, 0.6) is 11.5 Å². The Bertz CT molecular complexity index is 1250. The molecule has 0 atom stereocenters. The van der Waals surface area contributed by atoms with Crippen LogP contribution in [0, 0.1) is 10.1 Å². The molecule has 11 heteroatoms. The number of nitro benzene ring substituents is 1. The summed E-state index contributed by atoms with van der Waals surface area (Å²) in [5, 5.41) is 14.8. The Morgan fingerprint density at radius 1 is 1.12 bits per heavy atom. The number of nitro groups is 1. The van der Waals surface area contributed by atoms with Crippen molar-refractivity contribution in [2.75, 3.05) is 7.11 Å². The Hall–Kier alpha value is -3.44. The van der Waals surface area contributed by atoms with Crippen LogP contribution in [0.15, 0.2) is 81.2 Å². The fraction of sp³-hybridized carbons (Fsp3) is 0.0952. The molecule has 0 amide bonds. The molecule has 0 aliphatic rings. The third-order valence-corrected chi connectivity index (χ3v) is 6.07. The minimum absolute atomic E-state index is 0.332. The van der Waals surface area contributed by atoms with Crippen molar-refractivity contribution in [3.8, 4) is 11.5 Å². The zero-order chi connectivity index (χ0) is 23.1. The number of benzene rings is 3. The Morgan fingerprint density at radius 3 is 2.50 bits per heavy atom. The van der Waals surface area contributed by atoms with Crippen molar-refractivity contribution in [3.05, 3.63) is 92.4 Å². The second kappa shape index (κ2) is 10.2. The number of hydrogen-bond donors (Lipinski definition) is 1. The van der Waals surface area contributed by atoms with Crippen molar-refractivity contribution in [3.63, 3.8) is 0 Å². The van der Waals surface area contributed by atoms with Gasteiger partial charge in [0.05, 0.1) is 22.7 Å². The highest BCUT2D eigenvalue weighted by Gasteiger charge is 2.24. The maximum absolute atomic E-state index is 12.4. The molecule has 9 nitrogen and oxygen atoms in total. The normalized spacial score (nSPS) is 11.3. The number of para-hydroxylation sites is 1. The van der Waals surface area contributed by atoms with Crippen LogP contribution in [0.4, 0.5) is 5.69 Å². The average molecular weight is 520 g/mol. The van der Waals surface area contributed by atoms with Crippen LogP contribution in [-0.2, 0) is 16.6 Å². The first-order valence-corrected chi connectivity index (χ1v) is 11.4. The Morgan fingerprint density at radius 2 is 1.81 bits per heavy atom. The van der Waals surface area contributed by atoms with Gasteiger partial charge in [-0.1, -0.05) is 42.5 Å². The molecule has 0 saturated heterocycles. The highest BCUT2D eigenvalue weighted by Crippen LogP contribution is 2.36. The monoisotopic (exact) mass is 519 g/mol. The Kier molecular flexibility index (Phi) is 7.44. The van der Waals surface area contributed by atoms with Gasteiger partial charge in [-0.3, -0.25) is 10.1 Å². The summed E-state index contributed by atoms with van der Waals surface area (Å²) in [6.07, 6.45) is 1.25. The number of rotatable bonds is 9. The van der Waals surface area contributed by atoms with Crippen LogP contribution < -0.4 is 14.3 Å². The van der Waals surface area contributed by atoms with Gasteiger partial charge in [-0.15, -0.1) is 0 Å². The SMILES string of the molecule is COc1cc(/C=N\NS(=O)(=O)c2ccccc2[N+](=O)[O-])cc(Br)c1OCc1ccccc1. The molecule has 0 aliphatic carbocycles. The van der Waals surface area contributed by atoms with Gasteiger partial charge >= 0.3 is 0 Å². The number of nitrogens with zero attached hydrogens (tertiary/aromatic N) is 2. The molecule has 0 heterocycles. The van der Waals surface area contributed by atoms with E-state index in [1.54, 1.807) is 12.1 Å². The first-order chi connectivity index (χ1) is 15.3. The number of hydrogen-bond acceptors (Lipinski definition) is 7. The lowest BCUT2D eigenvalue weighted by molar-refractivity contribution is -0.387. The fourth-order valence-electron chi connectivity index (χ4n) is 2.74. The van der Waals surface area contributed by atoms with Gasteiger partial charge < -0.3 is 9.47 Å². The van der Waals surface area contributed by atoms with Crippen molar-refractivity contribution >= 4 is 37.9 Å². The quantitative estimate of drug-likeness (QED) is 0.256. The maximum Gasteiger partial charge on any atom is 0.289 e. The van der Waals surface area contributed by atoms with Crippen LogP contribution in [0.3, 0.4) is 0 Å². The van der Waals surface area contributed by atoms with Crippen molar-refractivity contribution in [2.45, 2.75) is 11.5 Å². The van der Waals surface area contributed by atoms with Gasteiger partial charge in [0.1, 0.15) is 6.61 Å². The lowest BCUT2D eigenvalue weighted by atomic mass is 10.2. The molecular weight excluding hydrogens is 502 g/mol. The minimum atomic E-state index is -4.24. The minimum Gasteiger partial charge on any atom is -0.493 e. The van der Waals surface area contributed by atoms with Gasteiger partial charge in [-0.2, -0.15) is 18.4 Å². The summed E-state index contributed by atoms with van der Waals surface area (Å²) in [5.74, 6) is 0.896. The Balaban J connectivity index is 1.77. The predicted molar refractivity (Wildman–Crippen MR) is 122 cm³/mol. The van der Waals surface area contributed by atoms with Crippen LogP contribution in [0.25, 0.3) is 0 Å². The number of sulfonamides is 1. The number of ether oxygens (including phenoxy) is 2. The zero-order valence-electron chi connectivity index (χ0n) is 16.8. The first-order valence-electron chi connectivity index (χ1n) is 9.14. The first kappa shape index (κ1) is 23.2. The lowest BCUT2D eigenvalue weighted by Crippen LogP contribution is -2.19. The smallest absolute Gasteiger partial charge is 0.289 e. The molecule has 3 aromatic carbocycles. The van der Waals surface area contributed by atoms with Crippen molar-refractivity contribution in [1.82, 2.24) is 4.83 Å². The van der Waals surface area contributed by atoms with Gasteiger partial charge in [0.2, 0.25) is 0 Å². The summed E-state index contributed by atoms with van der Waals surface area (Å²) in [6.45, 7) is 0.332. The van der Waals surface area contributed by atoms with Crippen molar-refractivity contribution < 1.29 is 22.8 Å². The van der Waals surface area contributed by atoms with Crippen LogP contribution in [0.2, 0.25) is 0 Å². The van der Waals surface area contributed by atoms with Crippen molar-refractivity contribution in [2.24, 2.45) is 5.10 Å². The number of hydrazone groups is 1. The molecule has 0 aliphatic heterocycles. The molecule has 0 spiro atoms. The molecule has 32 heavy (non-hydrogen) atoms. The summed E-state index contributed by atoms with van der Waals surface area (Å²) in [4.78, 5) is 11.8. The summed E-state index contributed by atoms with van der Waals surface area (Å²) in [6, 6.07) is 17.9. The van der Waals surface area contributed by atoms with Crippen LogP contribution in [0.1, 0.15) is 11.1 Å². The molecule has 3 aromatic rings. The van der Waals surface area contributed by atoms with E-state index in [4.69, 9.17) is 9.47 Å².